The lowest BCUT2D eigenvalue weighted by Crippen LogP contribution is -2.62. The van der Waals surface area contributed by atoms with Crippen LogP contribution in [0.25, 0.3) is 0 Å². The van der Waals surface area contributed by atoms with Gasteiger partial charge in [-0.2, -0.15) is 0 Å². The topological polar surface area (TPSA) is 52.0 Å². The van der Waals surface area contributed by atoms with Crippen LogP contribution in [0.2, 0.25) is 0 Å². The van der Waals surface area contributed by atoms with Crippen molar-refractivity contribution in [1.82, 2.24) is 0 Å². The lowest BCUT2D eigenvalue weighted by atomic mass is 9.56. The molecule has 1 fully saturated rings. The minimum Gasteiger partial charge on any atom is -0.328 e. The summed E-state index contributed by atoms with van der Waals surface area (Å²) in [5.74, 6) is 0.542. The van der Waals surface area contributed by atoms with Crippen LogP contribution in [0.1, 0.15) is 98.3 Å². The van der Waals surface area contributed by atoms with E-state index in [0.29, 0.717) is 12.0 Å². The SMILES string of the molecule is CCCCCCCCCCC1(N)C(C)CC(N)CC1(C)C. The number of nitrogens with two attached hydrogens (primary N) is 2. The molecular formula is C19H40N2. The van der Waals surface area contributed by atoms with Gasteiger partial charge < -0.3 is 11.5 Å². The zero-order valence-electron chi connectivity index (χ0n) is 15.1. The standard InChI is InChI=1S/C19H40N2/c1-5-6-7-8-9-10-11-12-13-19(21)16(2)14-17(20)15-18(19,3)4/h16-17H,5-15,20-21H2,1-4H3. The van der Waals surface area contributed by atoms with E-state index in [1.165, 1.54) is 57.8 Å². The second-order valence-corrected chi connectivity index (χ2v) is 8.25. The van der Waals surface area contributed by atoms with Crippen molar-refractivity contribution in [3.63, 3.8) is 0 Å². The zero-order chi connectivity index (χ0) is 15.9. The second kappa shape index (κ2) is 8.53. The highest BCUT2D eigenvalue weighted by Crippen LogP contribution is 2.47. The van der Waals surface area contributed by atoms with Crippen molar-refractivity contribution in [2.24, 2.45) is 22.8 Å². The number of rotatable bonds is 9. The van der Waals surface area contributed by atoms with Crippen molar-refractivity contribution in [2.45, 2.75) is 110 Å². The molecule has 1 saturated carbocycles. The molecule has 0 spiro atoms. The Labute approximate surface area is 133 Å². The van der Waals surface area contributed by atoms with Crippen LogP contribution in [0.3, 0.4) is 0 Å². The third-order valence-electron chi connectivity index (χ3n) is 6.01. The van der Waals surface area contributed by atoms with Gasteiger partial charge in [0.2, 0.25) is 0 Å². The molecule has 4 N–H and O–H groups in total. The molecule has 1 rings (SSSR count). The molecule has 0 aliphatic heterocycles. The van der Waals surface area contributed by atoms with Crippen LogP contribution in [0.5, 0.6) is 0 Å². The monoisotopic (exact) mass is 296 g/mol. The molecule has 1 aliphatic rings. The minimum absolute atomic E-state index is 0.0227. The van der Waals surface area contributed by atoms with Crippen LogP contribution in [0.15, 0.2) is 0 Å². The quantitative estimate of drug-likeness (QED) is 0.588. The average molecular weight is 297 g/mol. The Morgan fingerprint density at radius 2 is 1.48 bits per heavy atom. The molecule has 2 nitrogen and oxygen atoms in total. The molecule has 2 heteroatoms. The molecule has 3 atom stereocenters. The van der Waals surface area contributed by atoms with Crippen molar-refractivity contribution in [1.29, 1.82) is 0 Å². The van der Waals surface area contributed by atoms with E-state index in [2.05, 4.69) is 27.7 Å². The van der Waals surface area contributed by atoms with Gasteiger partial charge >= 0.3 is 0 Å². The Morgan fingerprint density at radius 1 is 0.952 bits per heavy atom. The summed E-state index contributed by atoms with van der Waals surface area (Å²) >= 11 is 0. The first-order valence-corrected chi connectivity index (χ1v) is 9.38. The maximum absolute atomic E-state index is 6.87. The average Bonchev–Trinajstić information content (AvgIpc) is 2.39. The van der Waals surface area contributed by atoms with E-state index in [1.807, 2.05) is 0 Å². The first kappa shape index (κ1) is 19.0. The van der Waals surface area contributed by atoms with Gasteiger partial charge in [-0.1, -0.05) is 79.1 Å². The summed E-state index contributed by atoms with van der Waals surface area (Å²) < 4.78 is 0. The van der Waals surface area contributed by atoms with Gasteiger partial charge in [0.1, 0.15) is 0 Å². The van der Waals surface area contributed by atoms with E-state index in [0.717, 1.165) is 12.8 Å². The van der Waals surface area contributed by atoms with Crippen molar-refractivity contribution in [3.8, 4) is 0 Å². The van der Waals surface area contributed by atoms with Gasteiger partial charge in [0, 0.05) is 11.6 Å². The summed E-state index contributed by atoms with van der Waals surface area (Å²) in [6.07, 6.45) is 14.3. The van der Waals surface area contributed by atoms with Crippen molar-refractivity contribution in [2.75, 3.05) is 0 Å². The Bertz CT molecular complexity index is 287. The summed E-state index contributed by atoms with van der Waals surface area (Å²) in [5.41, 5.74) is 13.2. The fraction of sp³-hybridized carbons (Fsp3) is 1.00. The first-order chi connectivity index (χ1) is 9.83. The Hall–Kier alpha value is -0.0800. The highest BCUT2D eigenvalue weighted by Gasteiger charge is 2.49. The zero-order valence-corrected chi connectivity index (χ0v) is 15.1. The molecule has 0 amide bonds. The van der Waals surface area contributed by atoms with Gasteiger partial charge in [-0.3, -0.25) is 0 Å². The van der Waals surface area contributed by atoms with Gasteiger partial charge in [0.25, 0.3) is 0 Å². The summed E-state index contributed by atoms with van der Waals surface area (Å²) in [5, 5.41) is 0. The van der Waals surface area contributed by atoms with E-state index >= 15 is 0 Å². The lowest BCUT2D eigenvalue weighted by molar-refractivity contribution is 0.0279. The van der Waals surface area contributed by atoms with Crippen LogP contribution >= 0.6 is 0 Å². The smallest absolute Gasteiger partial charge is 0.0233 e. The van der Waals surface area contributed by atoms with Gasteiger partial charge in [0.05, 0.1) is 0 Å². The van der Waals surface area contributed by atoms with Crippen LogP contribution < -0.4 is 11.5 Å². The van der Waals surface area contributed by atoms with E-state index in [-0.39, 0.29) is 11.0 Å². The van der Waals surface area contributed by atoms with Crippen LogP contribution in [0.4, 0.5) is 0 Å². The fourth-order valence-corrected chi connectivity index (χ4v) is 4.40. The number of hydrogen-bond donors (Lipinski definition) is 2. The summed E-state index contributed by atoms with van der Waals surface area (Å²) in [6.45, 7) is 9.24. The lowest BCUT2D eigenvalue weighted by Gasteiger charge is -2.54. The first-order valence-electron chi connectivity index (χ1n) is 9.38. The Kier molecular flexibility index (Phi) is 7.70. The van der Waals surface area contributed by atoms with Crippen molar-refractivity contribution >= 4 is 0 Å². The molecule has 0 aromatic rings. The highest BCUT2D eigenvalue weighted by molar-refractivity contribution is 5.06. The maximum Gasteiger partial charge on any atom is 0.0233 e. The van der Waals surface area contributed by atoms with Crippen LogP contribution in [0, 0.1) is 11.3 Å². The molecule has 0 aromatic heterocycles. The predicted molar refractivity (Wildman–Crippen MR) is 94.3 cm³/mol. The Morgan fingerprint density at radius 3 is 2.00 bits per heavy atom. The molecular weight excluding hydrogens is 256 g/mol. The third kappa shape index (κ3) is 5.25. The van der Waals surface area contributed by atoms with Crippen molar-refractivity contribution in [3.05, 3.63) is 0 Å². The molecule has 0 radical (unpaired) electrons. The van der Waals surface area contributed by atoms with E-state index in [9.17, 15) is 0 Å². The predicted octanol–water partition coefficient (Wildman–Crippen LogP) is 5.00. The molecule has 1 aliphatic carbocycles. The van der Waals surface area contributed by atoms with Gasteiger partial charge in [0.15, 0.2) is 0 Å². The molecule has 126 valence electrons. The third-order valence-corrected chi connectivity index (χ3v) is 6.01. The minimum atomic E-state index is -0.0227. The highest BCUT2D eigenvalue weighted by atomic mass is 14.8. The summed E-state index contributed by atoms with van der Waals surface area (Å²) in [7, 11) is 0. The van der Waals surface area contributed by atoms with Crippen LogP contribution in [-0.4, -0.2) is 11.6 Å². The van der Waals surface area contributed by atoms with Crippen LogP contribution in [-0.2, 0) is 0 Å². The normalized spacial score (nSPS) is 32.3. The number of hydrogen-bond acceptors (Lipinski definition) is 2. The van der Waals surface area contributed by atoms with Gasteiger partial charge in [-0.15, -0.1) is 0 Å². The summed E-state index contributed by atoms with van der Waals surface area (Å²) in [4.78, 5) is 0. The maximum atomic E-state index is 6.87. The Balaban J connectivity index is 2.29. The largest absolute Gasteiger partial charge is 0.328 e. The van der Waals surface area contributed by atoms with E-state index in [1.54, 1.807) is 0 Å². The second-order valence-electron chi connectivity index (χ2n) is 8.25. The fourth-order valence-electron chi connectivity index (χ4n) is 4.40. The van der Waals surface area contributed by atoms with E-state index in [4.69, 9.17) is 11.5 Å². The molecule has 0 aromatic carbocycles. The van der Waals surface area contributed by atoms with Crippen molar-refractivity contribution < 1.29 is 0 Å². The van der Waals surface area contributed by atoms with Gasteiger partial charge in [-0.25, -0.2) is 0 Å². The molecule has 21 heavy (non-hydrogen) atoms. The summed E-state index contributed by atoms with van der Waals surface area (Å²) in [6, 6.07) is 0.338. The molecule has 0 bridgehead atoms. The molecule has 3 unspecified atom stereocenters. The van der Waals surface area contributed by atoms with E-state index < -0.39 is 0 Å². The number of unbranched alkanes of at least 4 members (excludes halogenated alkanes) is 7. The molecule has 0 saturated heterocycles. The molecule has 0 heterocycles. The van der Waals surface area contributed by atoms with Gasteiger partial charge in [-0.05, 0) is 30.6 Å².